The molecule has 1 fully saturated rings. The SMILES string of the molecule is C/C(=N/NC(=O)c1ccccn1)c1ccc(NC(=O)C2CCCCC2)cc1. The number of pyridine rings is 1. The third kappa shape index (κ3) is 5.23. The first-order valence-electron chi connectivity index (χ1n) is 9.30. The summed E-state index contributed by atoms with van der Waals surface area (Å²) in [5.74, 6) is -0.120. The Morgan fingerprint density at radius 3 is 2.44 bits per heavy atom. The molecule has 2 aromatic rings. The molecule has 0 saturated heterocycles. The Balaban J connectivity index is 1.57. The number of nitrogens with one attached hydrogen (secondary N) is 2. The summed E-state index contributed by atoms with van der Waals surface area (Å²) in [4.78, 5) is 28.3. The highest BCUT2D eigenvalue weighted by Crippen LogP contribution is 2.25. The molecule has 6 heteroatoms. The molecule has 0 unspecified atom stereocenters. The monoisotopic (exact) mass is 364 g/mol. The molecular weight excluding hydrogens is 340 g/mol. The van der Waals surface area contributed by atoms with Gasteiger partial charge in [-0.05, 0) is 49.6 Å². The number of anilines is 1. The highest BCUT2D eigenvalue weighted by atomic mass is 16.2. The van der Waals surface area contributed by atoms with Crippen molar-refractivity contribution in [3.8, 4) is 0 Å². The summed E-state index contributed by atoms with van der Waals surface area (Å²) in [5, 5.41) is 7.12. The number of rotatable bonds is 5. The summed E-state index contributed by atoms with van der Waals surface area (Å²) in [5.41, 5.74) is 5.13. The quantitative estimate of drug-likeness (QED) is 0.626. The van der Waals surface area contributed by atoms with Crippen LogP contribution in [-0.4, -0.2) is 22.5 Å². The number of carbonyl (C=O) groups excluding carboxylic acids is 2. The smallest absolute Gasteiger partial charge is 0.289 e. The lowest BCUT2D eigenvalue weighted by Crippen LogP contribution is -2.24. The summed E-state index contributed by atoms with van der Waals surface area (Å²) in [7, 11) is 0. The van der Waals surface area contributed by atoms with E-state index in [-0.39, 0.29) is 17.7 Å². The lowest BCUT2D eigenvalue weighted by atomic mass is 9.88. The number of aromatic nitrogens is 1. The first kappa shape index (κ1) is 18.8. The first-order chi connectivity index (χ1) is 13.1. The number of hydrogen-bond acceptors (Lipinski definition) is 4. The van der Waals surface area contributed by atoms with Crippen LogP contribution in [-0.2, 0) is 4.79 Å². The Bertz CT molecular complexity index is 810. The number of benzene rings is 1. The predicted molar refractivity (Wildman–Crippen MR) is 106 cm³/mol. The van der Waals surface area contributed by atoms with Crippen molar-refractivity contribution in [3.63, 3.8) is 0 Å². The molecule has 27 heavy (non-hydrogen) atoms. The fourth-order valence-corrected chi connectivity index (χ4v) is 3.16. The molecule has 140 valence electrons. The zero-order valence-electron chi connectivity index (χ0n) is 15.4. The fourth-order valence-electron chi connectivity index (χ4n) is 3.16. The molecule has 1 aliphatic rings. The second kappa shape index (κ2) is 9.07. The van der Waals surface area contributed by atoms with Gasteiger partial charge in [-0.15, -0.1) is 0 Å². The second-order valence-corrected chi connectivity index (χ2v) is 6.75. The van der Waals surface area contributed by atoms with Crippen LogP contribution < -0.4 is 10.7 Å². The Labute approximate surface area is 159 Å². The van der Waals surface area contributed by atoms with Crippen molar-refractivity contribution in [2.24, 2.45) is 11.0 Å². The van der Waals surface area contributed by atoms with E-state index in [4.69, 9.17) is 0 Å². The van der Waals surface area contributed by atoms with E-state index in [9.17, 15) is 9.59 Å². The molecular formula is C21H24N4O2. The fraction of sp³-hybridized carbons (Fsp3) is 0.333. The standard InChI is InChI=1S/C21H24N4O2/c1-15(24-25-21(27)19-9-5-6-14-22-19)16-10-12-18(13-11-16)23-20(26)17-7-3-2-4-8-17/h5-6,9-14,17H,2-4,7-8H2,1H3,(H,23,26)(H,25,27)/b24-15-. The van der Waals surface area contributed by atoms with Crippen LogP contribution in [0.25, 0.3) is 0 Å². The molecule has 1 heterocycles. The zero-order valence-corrected chi connectivity index (χ0v) is 15.4. The van der Waals surface area contributed by atoms with E-state index in [0.717, 1.165) is 36.9 Å². The van der Waals surface area contributed by atoms with Crippen molar-refractivity contribution in [1.29, 1.82) is 0 Å². The van der Waals surface area contributed by atoms with Gasteiger partial charge in [-0.25, -0.2) is 5.43 Å². The number of nitrogens with zero attached hydrogens (tertiary/aromatic N) is 2. The summed E-state index contributed by atoms with van der Waals surface area (Å²) < 4.78 is 0. The van der Waals surface area contributed by atoms with Gasteiger partial charge in [0, 0.05) is 17.8 Å². The second-order valence-electron chi connectivity index (χ2n) is 6.75. The van der Waals surface area contributed by atoms with Crippen molar-refractivity contribution >= 4 is 23.2 Å². The molecule has 3 rings (SSSR count). The van der Waals surface area contributed by atoms with Crippen molar-refractivity contribution in [2.75, 3.05) is 5.32 Å². The maximum atomic E-state index is 12.3. The van der Waals surface area contributed by atoms with Gasteiger partial charge in [-0.2, -0.15) is 5.10 Å². The van der Waals surface area contributed by atoms with Gasteiger partial charge >= 0.3 is 0 Å². The van der Waals surface area contributed by atoms with Crippen LogP contribution in [0.4, 0.5) is 5.69 Å². The van der Waals surface area contributed by atoms with Crippen molar-refractivity contribution in [3.05, 3.63) is 59.9 Å². The Kier molecular flexibility index (Phi) is 6.30. The summed E-state index contributed by atoms with van der Waals surface area (Å²) in [6.07, 6.45) is 7.02. The van der Waals surface area contributed by atoms with E-state index in [1.807, 2.05) is 31.2 Å². The number of hydrazone groups is 1. The van der Waals surface area contributed by atoms with E-state index < -0.39 is 0 Å². The molecule has 1 aromatic heterocycles. The lowest BCUT2D eigenvalue weighted by Gasteiger charge is -2.20. The maximum absolute atomic E-state index is 12.3. The van der Waals surface area contributed by atoms with Gasteiger partial charge in [0.15, 0.2) is 0 Å². The van der Waals surface area contributed by atoms with Gasteiger partial charge < -0.3 is 5.32 Å². The van der Waals surface area contributed by atoms with Crippen molar-refractivity contribution in [2.45, 2.75) is 39.0 Å². The van der Waals surface area contributed by atoms with Crippen LogP contribution in [0.1, 0.15) is 55.1 Å². The molecule has 0 bridgehead atoms. The molecule has 0 aliphatic heterocycles. The highest BCUT2D eigenvalue weighted by Gasteiger charge is 2.20. The van der Waals surface area contributed by atoms with E-state index in [1.54, 1.807) is 24.4 Å². The van der Waals surface area contributed by atoms with Gasteiger partial charge in [0.1, 0.15) is 5.69 Å². The Morgan fingerprint density at radius 2 is 1.78 bits per heavy atom. The zero-order chi connectivity index (χ0) is 19.1. The van der Waals surface area contributed by atoms with Crippen molar-refractivity contribution < 1.29 is 9.59 Å². The summed E-state index contributed by atoms with van der Waals surface area (Å²) in [6.45, 7) is 1.81. The topological polar surface area (TPSA) is 83.4 Å². The van der Waals surface area contributed by atoms with Gasteiger partial charge in [0.2, 0.25) is 5.91 Å². The van der Waals surface area contributed by atoms with Crippen LogP contribution in [0, 0.1) is 5.92 Å². The van der Waals surface area contributed by atoms with Crippen LogP contribution in [0.2, 0.25) is 0 Å². The molecule has 0 spiro atoms. The molecule has 6 nitrogen and oxygen atoms in total. The third-order valence-electron chi connectivity index (χ3n) is 4.77. The summed E-state index contributed by atoms with van der Waals surface area (Å²) >= 11 is 0. The van der Waals surface area contributed by atoms with E-state index in [0.29, 0.717) is 11.4 Å². The van der Waals surface area contributed by atoms with Crippen LogP contribution in [0.3, 0.4) is 0 Å². The number of amides is 2. The average molecular weight is 364 g/mol. The molecule has 1 saturated carbocycles. The molecule has 1 aliphatic carbocycles. The molecule has 2 amide bonds. The van der Waals surface area contributed by atoms with Crippen molar-refractivity contribution in [1.82, 2.24) is 10.4 Å². The van der Waals surface area contributed by atoms with E-state index in [2.05, 4.69) is 20.8 Å². The van der Waals surface area contributed by atoms with Gasteiger partial charge in [-0.1, -0.05) is 37.5 Å². The minimum atomic E-state index is -0.355. The first-order valence-corrected chi connectivity index (χ1v) is 9.30. The van der Waals surface area contributed by atoms with Gasteiger partial charge in [0.25, 0.3) is 5.91 Å². The highest BCUT2D eigenvalue weighted by molar-refractivity contribution is 6.01. The van der Waals surface area contributed by atoms with E-state index in [1.165, 1.54) is 6.42 Å². The Morgan fingerprint density at radius 1 is 1.04 bits per heavy atom. The minimum Gasteiger partial charge on any atom is -0.326 e. The van der Waals surface area contributed by atoms with Crippen LogP contribution >= 0.6 is 0 Å². The van der Waals surface area contributed by atoms with E-state index >= 15 is 0 Å². The third-order valence-corrected chi connectivity index (χ3v) is 4.77. The minimum absolute atomic E-state index is 0.107. The molecule has 1 aromatic carbocycles. The average Bonchev–Trinajstić information content (AvgIpc) is 2.73. The predicted octanol–water partition coefficient (Wildman–Crippen LogP) is 3.75. The van der Waals surface area contributed by atoms with Crippen LogP contribution in [0.15, 0.2) is 53.8 Å². The summed E-state index contributed by atoms with van der Waals surface area (Å²) in [6, 6.07) is 12.6. The van der Waals surface area contributed by atoms with Crippen LogP contribution in [0.5, 0.6) is 0 Å². The number of carbonyl (C=O) groups is 2. The maximum Gasteiger partial charge on any atom is 0.289 e. The number of hydrogen-bond donors (Lipinski definition) is 2. The molecule has 2 N–H and O–H groups in total. The van der Waals surface area contributed by atoms with Gasteiger partial charge in [0.05, 0.1) is 5.71 Å². The largest absolute Gasteiger partial charge is 0.326 e. The normalized spacial score (nSPS) is 15.2. The molecule has 0 radical (unpaired) electrons. The lowest BCUT2D eigenvalue weighted by molar-refractivity contribution is -0.120. The Hall–Kier alpha value is -3.02. The van der Waals surface area contributed by atoms with Gasteiger partial charge in [-0.3, -0.25) is 14.6 Å². The molecule has 0 atom stereocenters.